The normalized spacial score (nSPS) is 10.4. The van der Waals surface area contributed by atoms with Crippen molar-refractivity contribution >= 4 is 28.9 Å². The summed E-state index contributed by atoms with van der Waals surface area (Å²) in [6.45, 7) is 1.69. The highest BCUT2D eigenvalue weighted by atomic mass is 35.5. The third kappa shape index (κ3) is 5.58. The van der Waals surface area contributed by atoms with Gasteiger partial charge in [-0.25, -0.2) is 0 Å². The minimum Gasteiger partial charge on any atom is -0.490 e. The van der Waals surface area contributed by atoms with Gasteiger partial charge in [0.1, 0.15) is 24.7 Å². The standard InChI is InChI=1S/C21H19Cl2NO2/c22-20-11-8-17(14-21(20)23)24-15-16-6-9-19(10-7-16)26-13-12-25-18-4-2-1-3-5-18/h1-11,14,24H,12-13,15H2. The zero-order chi connectivity index (χ0) is 18.2. The molecular formula is C21H19Cl2NO2. The van der Waals surface area contributed by atoms with Crippen LogP contribution in [0.4, 0.5) is 5.69 Å². The van der Waals surface area contributed by atoms with E-state index in [2.05, 4.69) is 5.32 Å². The Bertz CT molecular complexity index is 823. The van der Waals surface area contributed by atoms with Crippen LogP contribution in [0.3, 0.4) is 0 Å². The van der Waals surface area contributed by atoms with Gasteiger partial charge in [0, 0.05) is 12.2 Å². The number of ether oxygens (including phenoxy) is 2. The lowest BCUT2D eigenvalue weighted by Gasteiger charge is -2.10. The fraction of sp³-hybridized carbons (Fsp3) is 0.143. The van der Waals surface area contributed by atoms with Crippen LogP contribution < -0.4 is 14.8 Å². The first-order chi connectivity index (χ1) is 12.7. The summed E-state index contributed by atoms with van der Waals surface area (Å²) in [5.74, 6) is 1.67. The topological polar surface area (TPSA) is 30.5 Å². The second kappa shape index (κ2) is 9.37. The second-order valence-electron chi connectivity index (χ2n) is 5.64. The van der Waals surface area contributed by atoms with Crippen molar-refractivity contribution in [1.82, 2.24) is 0 Å². The molecule has 0 spiro atoms. The van der Waals surface area contributed by atoms with Crippen LogP contribution in [0.1, 0.15) is 5.56 Å². The maximum Gasteiger partial charge on any atom is 0.122 e. The van der Waals surface area contributed by atoms with E-state index in [9.17, 15) is 0 Å². The summed E-state index contributed by atoms with van der Waals surface area (Å²) in [4.78, 5) is 0. The highest BCUT2D eigenvalue weighted by Gasteiger charge is 2.00. The Kier molecular flexibility index (Phi) is 6.64. The number of para-hydroxylation sites is 1. The molecule has 0 atom stereocenters. The number of benzene rings is 3. The average molecular weight is 388 g/mol. The number of hydrogen-bond donors (Lipinski definition) is 1. The predicted octanol–water partition coefficient (Wildman–Crippen LogP) is 6.06. The van der Waals surface area contributed by atoms with Gasteiger partial charge in [-0.05, 0) is 48.0 Å². The number of rotatable bonds is 8. The molecule has 134 valence electrons. The van der Waals surface area contributed by atoms with E-state index >= 15 is 0 Å². The van der Waals surface area contributed by atoms with Gasteiger partial charge in [-0.3, -0.25) is 0 Å². The largest absolute Gasteiger partial charge is 0.490 e. The molecule has 3 nitrogen and oxygen atoms in total. The summed E-state index contributed by atoms with van der Waals surface area (Å²) in [6.07, 6.45) is 0. The van der Waals surface area contributed by atoms with Gasteiger partial charge < -0.3 is 14.8 Å². The van der Waals surface area contributed by atoms with E-state index in [4.69, 9.17) is 32.7 Å². The van der Waals surface area contributed by atoms with E-state index in [1.807, 2.05) is 66.7 Å². The molecular weight excluding hydrogens is 369 g/mol. The molecule has 0 bridgehead atoms. The third-order valence-corrected chi connectivity index (χ3v) is 4.44. The van der Waals surface area contributed by atoms with Crippen LogP contribution in [-0.2, 0) is 6.54 Å². The van der Waals surface area contributed by atoms with E-state index in [1.165, 1.54) is 0 Å². The minimum atomic E-state index is 0.496. The highest BCUT2D eigenvalue weighted by Crippen LogP contribution is 2.25. The summed E-state index contributed by atoms with van der Waals surface area (Å²) >= 11 is 11.9. The molecule has 0 aliphatic rings. The first-order valence-electron chi connectivity index (χ1n) is 8.29. The Hall–Kier alpha value is -2.36. The average Bonchev–Trinajstić information content (AvgIpc) is 2.68. The summed E-state index contributed by atoms with van der Waals surface area (Å²) < 4.78 is 11.3. The number of hydrogen-bond acceptors (Lipinski definition) is 3. The molecule has 0 aliphatic carbocycles. The van der Waals surface area contributed by atoms with Crippen molar-refractivity contribution in [1.29, 1.82) is 0 Å². The molecule has 0 saturated carbocycles. The van der Waals surface area contributed by atoms with Crippen LogP contribution in [0.15, 0.2) is 72.8 Å². The Morgan fingerprint density at radius 3 is 2.00 bits per heavy atom. The fourth-order valence-electron chi connectivity index (χ4n) is 2.35. The van der Waals surface area contributed by atoms with Gasteiger partial charge in [0.2, 0.25) is 0 Å². The second-order valence-corrected chi connectivity index (χ2v) is 6.45. The monoisotopic (exact) mass is 387 g/mol. The van der Waals surface area contributed by atoms with Crippen LogP contribution in [0.25, 0.3) is 0 Å². The number of halogens is 2. The zero-order valence-electron chi connectivity index (χ0n) is 14.1. The predicted molar refractivity (Wildman–Crippen MR) is 108 cm³/mol. The molecule has 26 heavy (non-hydrogen) atoms. The smallest absolute Gasteiger partial charge is 0.122 e. The molecule has 3 aromatic rings. The van der Waals surface area contributed by atoms with Crippen LogP contribution >= 0.6 is 23.2 Å². The summed E-state index contributed by atoms with van der Waals surface area (Å²) in [7, 11) is 0. The lowest BCUT2D eigenvalue weighted by molar-refractivity contribution is 0.217. The van der Waals surface area contributed by atoms with E-state index in [-0.39, 0.29) is 0 Å². The molecule has 0 unspecified atom stereocenters. The molecule has 5 heteroatoms. The molecule has 0 radical (unpaired) electrons. The van der Waals surface area contributed by atoms with Gasteiger partial charge in [0.05, 0.1) is 10.0 Å². The molecule has 3 rings (SSSR count). The summed E-state index contributed by atoms with van der Waals surface area (Å²) in [5.41, 5.74) is 2.07. The number of anilines is 1. The van der Waals surface area contributed by atoms with E-state index in [1.54, 1.807) is 6.07 Å². The third-order valence-electron chi connectivity index (χ3n) is 3.70. The highest BCUT2D eigenvalue weighted by molar-refractivity contribution is 6.42. The van der Waals surface area contributed by atoms with Gasteiger partial charge in [-0.1, -0.05) is 53.5 Å². The molecule has 0 amide bonds. The lowest BCUT2D eigenvalue weighted by atomic mass is 10.2. The molecule has 0 heterocycles. The molecule has 0 aromatic heterocycles. The molecule has 0 saturated heterocycles. The van der Waals surface area contributed by atoms with Gasteiger partial charge in [0.15, 0.2) is 0 Å². The van der Waals surface area contributed by atoms with E-state index in [0.717, 1.165) is 22.7 Å². The van der Waals surface area contributed by atoms with Crippen molar-refractivity contribution in [2.75, 3.05) is 18.5 Å². The van der Waals surface area contributed by atoms with Crippen LogP contribution in [0, 0.1) is 0 Å². The quantitative estimate of drug-likeness (QED) is 0.476. The van der Waals surface area contributed by atoms with Crippen molar-refractivity contribution in [2.45, 2.75) is 6.54 Å². The summed E-state index contributed by atoms with van der Waals surface area (Å²) in [6, 6.07) is 23.2. The minimum absolute atomic E-state index is 0.496. The SMILES string of the molecule is Clc1ccc(NCc2ccc(OCCOc3ccccc3)cc2)cc1Cl. The van der Waals surface area contributed by atoms with Gasteiger partial charge in [0.25, 0.3) is 0 Å². The zero-order valence-corrected chi connectivity index (χ0v) is 15.6. The molecule has 0 fully saturated rings. The van der Waals surface area contributed by atoms with Crippen molar-refractivity contribution in [2.24, 2.45) is 0 Å². The van der Waals surface area contributed by atoms with E-state index < -0.39 is 0 Å². The van der Waals surface area contributed by atoms with Crippen LogP contribution in [-0.4, -0.2) is 13.2 Å². The Morgan fingerprint density at radius 1 is 0.692 bits per heavy atom. The number of nitrogens with one attached hydrogen (secondary N) is 1. The first kappa shape index (κ1) is 18.4. The van der Waals surface area contributed by atoms with Gasteiger partial charge in [-0.2, -0.15) is 0 Å². The first-order valence-corrected chi connectivity index (χ1v) is 9.05. The maximum absolute atomic E-state index is 6.02. The van der Waals surface area contributed by atoms with Crippen LogP contribution in [0.5, 0.6) is 11.5 Å². The van der Waals surface area contributed by atoms with Gasteiger partial charge >= 0.3 is 0 Å². The van der Waals surface area contributed by atoms with Crippen molar-refractivity contribution in [3.63, 3.8) is 0 Å². The molecule has 3 aromatic carbocycles. The fourth-order valence-corrected chi connectivity index (χ4v) is 2.65. The Morgan fingerprint density at radius 2 is 1.35 bits per heavy atom. The molecule has 0 aliphatic heterocycles. The molecule has 1 N–H and O–H groups in total. The van der Waals surface area contributed by atoms with Crippen molar-refractivity contribution in [3.8, 4) is 11.5 Å². The van der Waals surface area contributed by atoms with Crippen molar-refractivity contribution in [3.05, 3.63) is 88.4 Å². The van der Waals surface area contributed by atoms with Crippen molar-refractivity contribution < 1.29 is 9.47 Å². The Balaban J connectivity index is 1.42. The summed E-state index contributed by atoms with van der Waals surface area (Å²) in [5, 5.41) is 4.41. The Labute approximate surface area is 163 Å². The maximum atomic E-state index is 6.02. The lowest BCUT2D eigenvalue weighted by Crippen LogP contribution is -2.09. The van der Waals surface area contributed by atoms with Gasteiger partial charge in [-0.15, -0.1) is 0 Å². The van der Waals surface area contributed by atoms with Crippen LogP contribution in [0.2, 0.25) is 10.0 Å². The van der Waals surface area contributed by atoms with E-state index in [0.29, 0.717) is 29.8 Å².